The third-order valence-electron chi connectivity index (χ3n) is 3.12. The van der Waals surface area contributed by atoms with Gasteiger partial charge >= 0.3 is 0 Å². The van der Waals surface area contributed by atoms with Gasteiger partial charge in [-0.05, 0) is 32.1 Å². The number of nitrogens with two attached hydrogens (primary N) is 1. The van der Waals surface area contributed by atoms with Crippen molar-refractivity contribution in [3.8, 4) is 0 Å². The average molecular weight is 198 g/mol. The van der Waals surface area contributed by atoms with Crippen LogP contribution in [0, 0.1) is 11.8 Å². The molecule has 3 heteroatoms. The largest absolute Gasteiger partial charge is 0.353 e. The summed E-state index contributed by atoms with van der Waals surface area (Å²) in [5, 5.41) is 3.03. The summed E-state index contributed by atoms with van der Waals surface area (Å²) in [5.74, 6) is 1.44. The molecule has 1 rings (SSSR count). The standard InChI is InChI=1S/C11H22N2O/c1-7-5-9(8(7)2)13-10(14)6-11(3,4)12/h7-9H,5-6,12H2,1-4H3,(H,13,14). The predicted molar refractivity (Wildman–Crippen MR) is 57.8 cm³/mol. The number of hydrogen-bond donors (Lipinski definition) is 2. The highest BCUT2D eigenvalue weighted by Crippen LogP contribution is 2.33. The maximum Gasteiger partial charge on any atom is 0.222 e. The molecule has 1 fully saturated rings. The Balaban J connectivity index is 2.29. The van der Waals surface area contributed by atoms with Gasteiger partial charge in [-0.15, -0.1) is 0 Å². The van der Waals surface area contributed by atoms with Gasteiger partial charge in [-0.25, -0.2) is 0 Å². The van der Waals surface area contributed by atoms with Gasteiger partial charge in [-0.1, -0.05) is 13.8 Å². The monoisotopic (exact) mass is 198 g/mol. The molecule has 0 radical (unpaired) electrons. The number of carbonyl (C=O) groups is 1. The van der Waals surface area contributed by atoms with Gasteiger partial charge in [0.15, 0.2) is 0 Å². The Labute approximate surface area is 86.4 Å². The van der Waals surface area contributed by atoms with Crippen molar-refractivity contribution >= 4 is 5.91 Å². The summed E-state index contributed by atoms with van der Waals surface area (Å²) in [6, 6.07) is 0.375. The fourth-order valence-electron chi connectivity index (χ4n) is 1.89. The fraction of sp³-hybridized carbons (Fsp3) is 0.909. The van der Waals surface area contributed by atoms with Crippen LogP contribution in [0.15, 0.2) is 0 Å². The number of nitrogens with one attached hydrogen (secondary N) is 1. The van der Waals surface area contributed by atoms with Gasteiger partial charge in [0, 0.05) is 18.0 Å². The molecule has 0 heterocycles. The topological polar surface area (TPSA) is 55.1 Å². The van der Waals surface area contributed by atoms with E-state index in [1.807, 2.05) is 13.8 Å². The highest BCUT2D eigenvalue weighted by atomic mass is 16.1. The van der Waals surface area contributed by atoms with E-state index in [0.717, 1.165) is 12.3 Å². The van der Waals surface area contributed by atoms with Crippen molar-refractivity contribution in [2.45, 2.75) is 52.1 Å². The summed E-state index contributed by atoms with van der Waals surface area (Å²) < 4.78 is 0. The zero-order valence-corrected chi connectivity index (χ0v) is 9.63. The minimum atomic E-state index is -0.400. The molecule has 1 aliphatic rings. The summed E-state index contributed by atoms with van der Waals surface area (Å²) in [6.45, 7) is 8.16. The highest BCUT2D eigenvalue weighted by molar-refractivity contribution is 5.77. The Bertz CT molecular complexity index is 220. The number of carbonyl (C=O) groups excluding carboxylic acids is 1. The van der Waals surface area contributed by atoms with E-state index in [4.69, 9.17) is 5.73 Å². The first kappa shape index (κ1) is 11.5. The summed E-state index contributed by atoms with van der Waals surface area (Å²) in [5.41, 5.74) is 5.37. The summed E-state index contributed by atoms with van der Waals surface area (Å²) in [7, 11) is 0. The molecule has 14 heavy (non-hydrogen) atoms. The molecule has 3 atom stereocenters. The normalized spacial score (nSPS) is 32.2. The maximum atomic E-state index is 11.5. The Hall–Kier alpha value is -0.570. The van der Waals surface area contributed by atoms with Gasteiger partial charge < -0.3 is 11.1 Å². The Morgan fingerprint density at radius 1 is 1.50 bits per heavy atom. The first-order chi connectivity index (χ1) is 6.29. The summed E-state index contributed by atoms with van der Waals surface area (Å²) >= 11 is 0. The van der Waals surface area contributed by atoms with Gasteiger partial charge in [0.2, 0.25) is 5.91 Å². The molecule has 0 spiro atoms. The van der Waals surface area contributed by atoms with Crippen LogP contribution >= 0.6 is 0 Å². The summed E-state index contributed by atoms with van der Waals surface area (Å²) in [4.78, 5) is 11.5. The molecule has 0 bridgehead atoms. The lowest BCUT2D eigenvalue weighted by molar-refractivity contribution is -0.124. The van der Waals surface area contributed by atoms with E-state index < -0.39 is 5.54 Å². The first-order valence-electron chi connectivity index (χ1n) is 5.38. The SMILES string of the molecule is CC1CC(NC(=O)CC(C)(C)N)C1C. The molecule has 0 aliphatic heterocycles. The molecule has 0 saturated heterocycles. The molecule has 3 N–H and O–H groups in total. The van der Waals surface area contributed by atoms with Crippen LogP contribution in [0.2, 0.25) is 0 Å². The van der Waals surface area contributed by atoms with Crippen LogP contribution in [0.1, 0.15) is 40.5 Å². The minimum absolute atomic E-state index is 0.0845. The van der Waals surface area contributed by atoms with Crippen molar-refractivity contribution in [3.05, 3.63) is 0 Å². The molecule has 0 aromatic rings. The molecule has 3 unspecified atom stereocenters. The van der Waals surface area contributed by atoms with Gasteiger partial charge in [0.1, 0.15) is 0 Å². The molecular formula is C11H22N2O. The van der Waals surface area contributed by atoms with E-state index in [1.54, 1.807) is 0 Å². The number of hydrogen-bond acceptors (Lipinski definition) is 2. The number of amides is 1. The van der Waals surface area contributed by atoms with Crippen LogP contribution in [0.4, 0.5) is 0 Å². The van der Waals surface area contributed by atoms with Crippen molar-refractivity contribution < 1.29 is 4.79 Å². The second-order valence-electron chi connectivity index (χ2n) is 5.41. The van der Waals surface area contributed by atoms with Crippen LogP contribution < -0.4 is 11.1 Å². The third-order valence-corrected chi connectivity index (χ3v) is 3.12. The molecule has 82 valence electrons. The Morgan fingerprint density at radius 2 is 2.07 bits per heavy atom. The van der Waals surface area contributed by atoms with E-state index in [-0.39, 0.29) is 5.91 Å². The Kier molecular flexibility index (Phi) is 3.20. The first-order valence-corrected chi connectivity index (χ1v) is 5.38. The smallest absolute Gasteiger partial charge is 0.222 e. The van der Waals surface area contributed by atoms with E-state index in [0.29, 0.717) is 18.4 Å². The van der Waals surface area contributed by atoms with Crippen molar-refractivity contribution in [2.24, 2.45) is 17.6 Å². The van der Waals surface area contributed by atoms with Crippen LogP contribution in [-0.4, -0.2) is 17.5 Å². The molecule has 0 aromatic heterocycles. The summed E-state index contributed by atoms with van der Waals surface area (Å²) in [6.07, 6.45) is 1.52. The Morgan fingerprint density at radius 3 is 2.43 bits per heavy atom. The zero-order chi connectivity index (χ0) is 10.9. The molecule has 0 aromatic carbocycles. The molecule has 1 amide bonds. The number of rotatable bonds is 3. The van der Waals surface area contributed by atoms with Crippen molar-refractivity contribution in [2.75, 3.05) is 0 Å². The lowest BCUT2D eigenvalue weighted by atomic mass is 9.71. The molecule has 3 nitrogen and oxygen atoms in total. The molecule has 1 aliphatic carbocycles. The van der Waals surface area contributed by atoms with Gasteiger partial charge in [0.25, 0.3) is 0 Å². The second kappa shape index (κ2) is 3.89. The van der Waals surface area contributed by atoms with E-state index >= 15 is 0 Å². The van der Waals surface area contributed by atoms with Gasteiger partial charge in [0.05, 0.1) is 0 Å². The van der Waals surface area contributed by atoms with E-state index in [1.165, 1.54) is 0 Å². The maximum absolute atomic E-state index is 11.5. The highest BCUT2D eigenvalue weighted by Gasteiger charge is 2.35. The van der Waals surface area contributed by atoms with E-state index in [2.05, 4.69) is 19.2 Å². The predicted octanol–water partition coefficient (Wildman–Crippen LogP) is 1.27. The lowest BCUT2D eigenvalue weighted by Crippen LogP contribution is -2.52. The van der Waals surface area contributed by atoms with Crippen molar-refractivity contribution in [1.82, 2.24) is 5.32 Å². The van der Waals surface area contributed by atoms with Crippen molar-refractivity contribution in [1.29, 1.82) is 0 Å². The van der Waals surface area contributed by atoms with Crippen molar-refractivity contribution in [3.63, 3.8) is 0 Å². The average Bonchev–Trinajstić information content (AvgIpc) is 2.00. The van der Waals surface area contributed by atoms with Crippen LogP contribution in [0.5, 0.6) is 0 Å². The van der Waals surface area contributed by atoms with E-state index in [9.17, 15) is 4.79 Å². The van der Waals surface area contributed by atoms with Gasteiger partial charge in [-0.2, -0.15) is 0 Å². The van der Waals surface area contributed by atoms with Gasteiger partial charge in [-0.3, -0.25) is 4.79 Å². The van der Waals surface area contributed by atoms with Crippen LogP contribution in [0.25, 0.3) is 0 Å². The molecular weight excluding hydrogens is 176 g/mol. The third kappa shape index (κ3) is 2.98. The van der Waals surface area contributed by atoms with Crippen LogP contribution in [0.3, 0.4) is 0 Å². The second-order valence-corrected chi connectivity index (χ2v) is 5.41. The minimum Gasteiger partial charge on any atom is -0.353 e. The fourth-order valence-corrected chi connectivity index (χ4v) is 1.89. The zero-order valence-electron chi connectivity index (χ0n) is 9.63. The van der Waals surface area contributed by atoms with Crippen LogP contribution in [-0.2, 0) is 4.79 Å². The quantitative estimate of drug-likeness (QED) is 0.717. The lowest BCUT2D eigenvalue weighted by Gasteiger charge is -2.41. The molecule has 1 saturated carbocycles.